The van der Waals surface area contributed by atoms with Gasteiger partial charge in [0, 0.05) is 5.92 Å². The standard InChI is InChI=1S/C28H39ClN2O5/c1-6-10-18-13-14-19-23(22(18)28(35)36-8-3)27(34)31(21(15-32)16(4)7-2)25(19)26(33)30-24-17(5)11-9-12-20(24)29/h9,11-14,16,18-19,21-23,25,32H,6-8,10,15H2,1-5H3,(H,30,33)/t16-,18+,19-,21-,22+,23-,25-/m0/s1. The van der Waals surface area contributed by atoms with E-state index in [0.717, 1.165) is 24.8 Å². The van der Waals surface area contributed by atoms with Crippen LogP contribution in [0.3, 0.4) is 0 Å². The third-order valence-corrected chi connectivity index (χ3v) is 8.13. The lowest BCUT2D eigenvalue weighted by Crippen LogP contribution is -2.52. The van der Waals surface area contributed by atoms with E-state index >= 15 is 0 Å². The number of hydrogen-bond donors (Lipinski definition) is 2. The van der Waals surface area contributed by atoms with Crippen molar-refractivity contribution in [2.24, 2.45) is 29.6 Å². The smallest absolute Gasteiger partial charge is 0.310 e. The van der Waals surface area contributed by atoms with Crippen LogP contribution in [0, 0.1) is 36.5 Å². The molecule has 1 aromatic carbocycles. The van der Waals surface area contributed by atoms with Gasteiger partial charge < -0.3 is 20.1 Å². The Labute approximate surface area is 219 Å². The predicted octanol–water partition coefficient (Wildman–Crippen LogP) is 4.60. The van der Waals surface area contributed by atoms with Crippen LogP contribution in [-0.4, -0.2) is 53.1 Å². The zero-order valence-electron chi connectivity index (χ0n) is 21.9. The van der Waals surface area contributed by atoms with Crippen LogP contribution >= 0.6 is 11.6 Å². The minimum Gasteiger partial charge on any atom is -0.466 e. The lowest BCUT2D eigenvalue weighted by molar-refractivity contribution is -0.156. The lowest BCUT2D eigenvalue weighted by atomic mass is 9.69. The number of likely N-dealkylation sites (tertiary alicyclic amines) is 1. The molecule has 1 fully saturated rings. The summed E-state index contributed by atoms with van der Waals surface area (Å²) in [5.41, 5.74) is 1.30. The number of anilines is 1. The highest BCUT2D eigenvalue weighted by molar-refractivity contribution is 6.34. The number of amides is 2. The summed E-state index contributed by atoms with van der Waals surface area (Å²) >= 11 is 6.39. The molecule has 0 unspecified atom stereocenters. The molecule has 8 heteroatoms. The maximum Gasteiger partial charge on any atom is 0.310 e. The number of carbonyl (C=O) groups is 3. The van der Waals surface area contributed by atoms with Crippen molar-refractivity contribution in [3.8, 4) is 0 Å². The van der Waals surface area contributed by atoms with Gasteiger partial charge in [-0.05, 0) is 43.7 Å². The molecular formula is C28H39ClN2O5. The highest BCUT2D eigenvalue weighted by atomic mass is 35.5. The van der Waals surface area contributed by atoms with Crippen molar-refractivity contribution in [2.45, 2.75) is 66.0 Å². The van der Waals surface area contributed by atoms with Crippen LogP contribution in [0.15, 0.2) is 30.4 Å². The molecule has 0 aromatic heterocycles. The van der Waals surface area contributed by atoms with Crippen LogP contribution in [0.25, 0.3) is 0 Å². The first-order valence-electron chi connectivity index (χ1n) is 13.1. The Morgan fingerprint density at radius 3 is 2.53 bits per heavy atom. The van der Waals surface area contributed by atoms with Gasteiger partial charge in [0.1, 0.15) is 6.04 Å². The second kappa shape index (κ2) is 12.2. The second-order valence-corrected chi connectivity index (χ2v) is 10.4. The van der Waals surface area contributed by atoms with Crippen LogP contribution < -0.4 is 5.32 Å². The van der Waals surface area contributed by atoms with Crippen LogP contribution in [0.2, 0.25) is 5.02 Å². The van der Waals surface area contributed by atoms with Gasteiger partial charge in [-0.3, -0.25) is 14.4 Å². The third-order valence-electron chi connectivity index (χ3n) is 7.81. The first-order chi connectivity index (χ1) is 17.2. The van der Waals surface area contributed by atoms with Gasteiger partial charge in [-0.2, -0.15) is 0 Å². The molecule has 1 saturated heterocycles. The largest absolute Gasteiger partial charge is 0.466 e. The van der Waals surface area contributed by atoms with Crippen LogP contribution in [0.5, 0.6) is 0 Å². The molecule has 0 spiro atoms. The zero-order chi connectivity index (χ0) is 26.6. The molecule has 2 N–H and O–H groups in total. The quantitative estimate of drug-likeness (QED) is 0.348. The zero-order valence-corrected chi connectivity index (χ0v) is 22.6. The second-order valence-electron chi connectivity index (χ2n) is 9.97. The molecule has 7 nitrogen and oxygen atoms in total. The number of para-hydroxylation sites is 1. The summed E-state index contributed by atoms with van der Waals surface area (Å²) < 4.78 is 5.42. The van der Waals surface area contributed by atoms with Crippen molar-refractivity contribution in [1.82, 2.24) is 4.90 Å². The topological polar surface area (TPSA) is 95.9 Å². The number of nitrogens with zero attached hydrogens (tertiary/aromatic N) is 1. The molecule has 1 aliphatic heterocycles. The average Bonchev–Trinajstić information content (AvgIpc) is 3.14. The highest BCUT2D eigenvalue weighted by Gasteiger charge is 2.59. The maximum atomic E-state index is 14.1. The van der Waals surface area contributed by atoms with E-state index in [1.54, 1.807) is 19.1 Å². The Morgan fingerprint density at radius 1 is 1.22 bits per heavy atom. The van der Waals surface area contributed by atoms with E-state index in [4.69, 9.17) is 16.3 Å². The normalized spacial score (nSPS) is 26.9. The van der Waals surface area contributed by atoms with Gasteiger partial charge >= 0.3 is 5.97 Å². The number of esters is 1. The minimum absolute atomic E-state index is 0.0482. The predicted molar refractivity (Wildman–Crippen MR) is 140 cm³/mol. The van der Waals surface area contributed by atoms with Gasteiger partial charge in [-0.1, -0.05) is 69.5 Å². The summed E-state index contributed by atoms with van der Waals surface area (Å²) in [5, 5.41) is 13.7. The fourth-order valence-corrected chi connectivity index (χ4v) is 6.04. The molecule has 1 aromatic rings. The first-order valence-corrected chi connectivity index (χ1v) is 13.4. The Morgan fingerprint density at radius 2 is 1.94 bits per heavy atom. The first kappa shape index (κ1) is 28.2. The number of fused-ring (bicyclic) bond motifs is 1. The number of halogens is 1. The third kappa shape index (κ3) is 5.32. The molecule has 7 atom stereocenters. The Hall–Kier alpha value is -2.38. The number of carbonyl (C=O) groups excluding carboxylic acids is 3. The fraction of sp³-hybridized carbons (Fsp3) is 0.607. The number of hydrogen-bond acceptors (Lipinski definition) is 5. The van der Waals surface area contributed by atoms with Gasteiger partial charge in [0.25, 0.3) is 0 Å². The van der Waals surface area contributed by atoms with E-state index in [1.807, 2.05) is 45.9 Å². The average molecular weight is 519 g/mol. The number of nitrogens with one attached hydrogen (secondary N) is 1. The summed E-state index contributed by atoms with van der Waals surface area (Å²) in [5.74, 6) is -3.19. The molecule has 1 heterocycles. The number of aliphatic hydroxyl groups excluding tert-OH is 1. The van der Waals surface area contributed by atoms with Gasteiger partial charge in [-0.15, -0.1) is 0 Å². The monoisotopic (exact) mass is 518 g/mol. The van der Waals surface area contributed by atoms with Crippen LogP contribution in [0.1, 0.15) is 52.5 Å². The molecule has 0 radical (unpaired) electrons. The van der Waals surface area contributed by atoms with Crippen molar-refractivity contribution in [3.63, 3.8) is 0 Å². The van der Waals surface area contributed by atoms with Crippen molar-refractivity contribution in [2.75, 3.05) is 18.5 Å². The molecular weight excluding hydrogens is 480 g/mol. The Kier molecular flexibility index (Phi) is 9.59. The van der Waals surface area contributed by atoms with E-state index in [2.05, 4.69) is 5.32 Å². The summed E-state index contributed by atoms with van der Waals surface area (Å²) in [4.78, 5) is 42.7. The van der Waals surface area contributed by atoms with Crippen molar-refractivity contribution < 1.29 is 24.2 Å². The Balaban J connectivity index is 2.10. The molecule has 198 valence electrons. The maximum absolute atomic E-state index is 14.1. The molecule has 2 amide bonds. The number of aryl methyl sites for hydroxylation is 1. The van der Waals surface area contributed by atoms with Crippen molar-refractivity contribution in [3.05, 3.63) is 40.9 Å². The van der Waals surface area contributed by atoms with E-state index in [-0.39, 0.29) is 36.9 Å². The molecule has 2 aliphatic rings. The van der Waals surface area contributed by atoms with Gasteiger partial charge in [0.05, 0.1) is 41.8 Å². The molecule has 36 heavy (non-hydrogen) atoms. The van der Waals surface area contributed by atoms with E-state index < -0.39 is 35.8 Å². The van der Waals surface area contributed by atoms with Crippen LogP contribution in [-0.2, 0) is 19.1 Å². The number of benzene rings is 1. The lowest BCUT2D eigenvalue weighted by Gasteiger charge is -2.36. The minimum atomic E-state index is -0.889. The van der Waals surface area contributed by atoms with Crippen molar-refractivity contribution in [1.29, 1.82) is 0 Å². The molecule has 0 bridgehead atoms. The molecule has 1 aliphatic carbocycles. The number of allylic oxidation sites excluding steroid dienone is 1. The number of ether oxygens (including phenoxy) is 1. The van der Waals surface area contributed by atoms with Gasteiger partial charge in [0.2, 0.25) is 11.8 Å². The number of rotatable bonds is 10. The summed E-state index contributed by atoms with van der Waals surface area (Å²) in [6, 6.07) is 3.91. The summed E-state index contributed by atoms with van der Waals surface area (Å²) in [6.07, 6.45) is 6.20. The van der Waals surface area contributed by atoms with Gasteiger partial charge in [0.15, 0.2) is 0 Å². The fourth-order valence-electron chi connectivity index (χ4n) is 5.77. The molecule has 0 saturated carbocycles. The number of aliphatic hydroxyl groups is 1. The highest BCUT2D eigenvalue weighted by Crippen LogP contribution is 2.47. The van der Waals surface area contributed by atoms with Gasteiger partial charge in [-0.25, -0.2) is 0 Å². The summed E-state index contributed by atoms with van der Waals surface area (Å²) in [6.45, 7) is 9.53. The van der Waals surface area contributed by atoms with Crippen molar-refractivity contribution >= 4 is 35.1 Å². The summed E-state index contributed by atoms with van der Waals surface area (Å²) in [7, 11) is 0. The van der Waals surface area contributed by atoms with E-state index in [0.29, 0.717) is 10.7 Å². The van der Waals surface area contributed by atoms with E-state index in [1.165, 1.54) is 4.90 Å². The Bertz CT molecular complexity index is 976. The SMILES string of the molecule is CCC[C@@H]1C=C[C@H]2[C@H](C(=O)N([C@@H](CO)[C@@H](C)CC)[C@@H]2C(=O)Nc2c(C)cccc2Cl)[C@@H]1C(=O)OCC. The van der Waals surface area contributed by atoms with Crippen LogP contribution in [0.4, 0.5) is 5.69 Å². The van der Waals surface area contributed by atoms with E-state index in [9.17, 15) is 19.5 Å². The molecule has 3 rings (SSSR count).